The maximum atomic E-state index is 10.7. The Labute approximate surface area is 70.1 Å². The number of cyclic esters (lactones) is 1. The van der Waals surface area contributed by atoms with Crippen LogP contribution in [-0.4, -0.2) is 24.1 Å². The van der Waals surface area contributed by atoms with Crippen LogP contribution in [0.5, 0.6) is 0 Å². The van der Waals surface area contributed by atoms with Gasteiger partial charge in [0.05, 0.1) is 0 Å². The van der Waals surface area contributed by atoms with E-state index in [-0.39, 0.29) is 5.97 Å². The molecule has 1 aliphatic rings. The molecule has 1 heterocycles. The molecule has 0 fully saturated rings. The first-order chi connectivity index (χ1) is 5.59. The molecule has 0 aromatic heterocycles. The summed E-state index contributed by atoms with van der Waals surface area (Å²) < 4.78 is 9.65. The molecule has 0 aliphatic carbocycles. The summed E-state index contributed by atoms with van der Waals surface area (Å²) in [4.78, 5) is 21.2. The number of carbonyl (C=O) groups excluding carboxylic acids is 2. The summed E-state index contributed by atoms with van der Waals surface area (Å²) in [7, 11) is 0. The van der Waals surface area contributed by atoms with Crippen LogP contribution in [0.1, 0.15) is 13.8 Å². The molecule has 2 atom stereocenters. The second-order valence-electron chi connectivity index (χ2n) is 2.58. The summed E-state index contributed by atoms with van der Waals surface area (Å²) in [6, 6.07) is 0. The molecule has 12 heavy (non-hydrogen) atoms. The Bertz CT molecular complexity index is 231. The van der Waals surface area contributed by atoms with Gasteiger partial charge in [-0.25, -0.2) is 4.79 Å². The van der Waals surface area contributed by atoms with E-state index in [4.69, 9.17) is 9.47 Å². The van der Waals surface area contributed by atoms with Crippen LogP contribution < -0.4 is 0 Å². The van der Waals surface area contributed by atoms with Crippen LogP contribution in [0, 0.1) is 0 Å². The summed E-state index contributed by atoms with van der Waals surface area (Å²) in [6.07, 6.45) is 1.94. The van der Waals surface area contributed by atoms with Crippen molar-refractivity contribution >= 4 is 11.9 Å². The van der Waals surface area contributed by atoms with Gasteiger partial charge in [-0.1, -0.05) is 0 Å². The van der Waals surface area contributed by atoms with Crippen LogP contribution in [0.15, 0.2) is 12.2 Å². The molecule has 4 nitrogen and oxygen atoms in total. The summed E-state index contributed by atoms with van der Waals surface area (Å²) in [6.45, 7) is 2.99. The zero-order valence-electron chi connectivity index (χ0n) is 6.94. The van der Waals surface area contributed by atoms with Crippen molar-refractivity contribution in [3.8, 4) is 0 Å². The fourth-order valence-corrected chi connectivity index (χ4v) is 0.946. The van der Waals surface area contributed by atoms with Crippen molar-refractivity contribution in [1.82, 2.24) is 0 Å². The predicted molar refractivity (Wildman–Crippen MR) is 40.2 cm³/mol. The molecule has 0 saturated carbocycles. The lowest BCUT2D eigenvalue weighted by Gasteiger charge is -2.23. The van der Waals surface area contributed by atoms with E-state index >= 15 is 0 Å². The van der Waals surface area contributed by atoms with Gasteiger partial charge in [0.2, 0.25) is 0 Å². The van der Waals surface area contributed by atoms with Gasteiger partial charge in [-0.3, -0.25) is 4.79 Å². The number of rotatable bonds is 1. The zero-order valence-corrected chi connectivity index (χ0v) is 6.94. The Hall–Kier alpha value is -1.32. The van der Waals surface area contributed by atoms with Gasteiger partial charge < -0.3 is 9.47 Å². The van der Waals surface area contributed by atoms with Crippen molar-refractivity contribution in [1.29, 1.82) is 0 Å². The van der Waals surface area contributed by atoms with Crippen molar-refractivity contribution in [2.75, 3.05) is 0 Å². The highest BCUT2D eigenvalue weighted by molar-refractivity contribution is 5.83. The van der Waals surface area contributed by atoms with E-state index < -0.39 is 18.2 Å². The minimum Gasteiger partial charge on any atom is -0.455 e. The van der Waals surface area contributed by atoms with Crippen molar-refractivity contribution in [3.05, 3.63) is 12.2 Å². The smallest absolute Gasteiger partial charge is 0.330 e. The number of hydrogen-bond acceptors (Lipinski definition) is 4. The molecule has 0 unspecified atom stereocenters. The third kappa shape index (κ3) is 2.08. The van der Waals surface area contributed by atoms with Crippen LogP contribution in [0.3, 0.4) is 0 Å². The Balaban J connectivity index is 2.60. The minimum absolute atomic E-state index is 0.380. The van der Waals surface area contributed by atoms with Gasteiger partial charge in [0.25, 0.3) is 0 Å². The average Bonchev–Trinajstić information content (AvgIpc) is 1.94. The number of carbonyl (C=O) groups is 2. The maximum absolute atomic E-state index is 10.7. The molecule has 1 aliphatic heterocycles. The van der Waals surface area contributed by atoms with Crippen LogP contribution >= 0.6 is 0 Å². The molecular formula is C8H10O4. The quantitative estimate of drug-likeness (QED) is 0.535. The van der Waals surface area contributed by atoms with Crippen molar-refractivity contribution in [2.45, 2.75) is 26.1 Å². The molecule has 1 rings (SSSR count). The topological polar surface area (TPSA) is 52.6 Å². The molecule has 0 bridgehead atoms. The van der Waals surface area contributed by atoms with Gasteiger partial charge in [-0.05, 0) is 13.0 Å². The lowest BCUT2D eigenvalue weighted by molar-refractivity contribution is -0.160. The van der Waals surface area contributed by atoms with Crippen LogP contribution in [0.4, 0.5) is 0 Å². The van der Waals surface area contributed by atoms with Crippen LogP contribution in [0.2, 0.25) is 0 Å². The molecule has 0 radical (unpaired) electrons. The Kier molecular flexibility index (Phi) is 2.47. The van der Waals surface area contributed by atoms with Crippen molar-refractivity contribution < 1.29 is 19.1 Å². The van der Waals surface area contributed by atoms with Gasteiger partial charge in [0, 0.05) is 13.0 Å². The first kappa shape index (κ1) is 8.77. The van der Waals surface area contributed by atoms with Gasteiger partial charge >= 0.3 is 11.9 Å². The standard InChI is InChI=1S/C8H10O4/c1-5-7(12-6(2)9)3-4-8(10)11-5/h3-5,7H,1-2H3/t5-,7-/m0/s1. The zero-order chi connectivity index (χ0) is 9.14. The van der Waals surface area contributed by atoms with E-state index in [1.165, 1.54) is 19.1 Å². The largest absolute Gasteiger partial charge is 0.455 e. The number of hydrogen-bond donors (Lipinski definition) is 0. The summed E-state index contributed by atoms with van der Waals surface area (Å²) >= 11 is 0. The fraction of sp³-hybridized carbons (Fsp3) is 0.500. The van der Waals surface area contributed by atoms with Crippen molar-refractivity contribution in [2.24, 2.45) is 0 Å². The third-order valence-electron chi connectivity index (χ3n) is 1.49. The summed E-state index contributed by atoms with van der Waals surface area (Å²) in [5.41, 5.74) is 0. The Morgan fingerprint density at radius 2 is 2.33 bits per heavy atom. The first-order valence-electron chi connectivity index (χ1n) is 3.65. The summed E-state index contributed by atoms with van der Waals surface area (Å²) in [5.74, 6) is -0.777. The molecule has 4 heteroatoms. The number of ether oxygens (including phenoxy) is 2. The fourth-order valence-electron chi connectivity index (χ4n) is 0.946. The van der Waals surface area contributed by atoms with Crippen LogP contribution in [0.25, 0.3) is 0 Å². The highest BCUT2D eigenvalue weighted by Crippen LogP contribution is 2.11. The molecule has 0 amide bonds. The van der Waals surface area contributed by atoms with E-state index in [1.807, 2.05) is 0 Å². The molecule has 0 aromatic rings. The summed E-state index contributed by atoms with van der Waals surface area (Å²) in [5, 5.41) is 0. The molecule has 0 aromatic carbocycles. The van der Waals surface area contributed by atoms with Gasteiger partial charge in [0.1, 0.15) is 6.10 Å². The van der Waals surface area contributed by atoms with Gasteiger partial charge in [0.15, 0.2) is 6.10 Å². The molecule has 66 valence electrons. The van der Waals surface area contributed by atoms with E-state index in [2.05, 4.69) is 0 Å². The van der Waals surface area contributed by atoms with Gasteiger partial charge in [-0.15, -0.1) is 0 Å². The maximum Gasteiger partial charge on any atom is 0.330 e. The first-order valence-corrected chi connectivity index (χ1v) is 3.65. The Morgan fingerprint density at radius 1 is 1.67 bits per heavy atom. The Morgan fingerprint density at radius 3 is 2.83 bits per heavy atom. The predicted octanol–water partition coefficient (Wildman–Crippen LogP) is 0.420. The highest BCUT2D eigenvalue weighted by atomic mass is 16.6. The van der Waals surface area contributed by atoms with Crippen molar-refractivity contribution in [3.63, 3.8) is 0 Å². The van der Waals surface area contributed by atoms with Gasteiger partial charge in [-0.2, -0.15) is 0 Å². The van der Waals surface area contributed by atoms with E-state index in [0.29, 0.717) is 0 Å². The SMILES string of the molecule is CC(=O)O[C@H]1C=CC(=O)O[C@H]1C. The lowest BCUT2D eigenvalue weighted by atomic mass is 10.2. The molecular weight excluding hydrogens is 160 g/mol. The second-order valence-corrected chi connectivity index (χ2v) is 2.58. The van der Waals surface area contributed by atoms with Crippen LogP contribution in [-0.2, 0) is 19.1 Å². The number of esters is 2. The molecule has 0 spiro atoms. The van der Waals surface area contributed by atoms with E-state index in [1.54, 1.807) is 6.92 Å². The van der Waals surface area contributed by atoms with E-state index in [0.717, 1.165) is 0 Å². The molecule has 0 N–H and O–H groups in total. The normalized spacial score (nSPS) is 28.0. The monoisotopic (exact) mass is 170 g/mol. The lowest BCUT2D eigenvalue weighted by Crippen LogP contribution is -2.33. The second kappa shape index (κ2) is 3.38. The van der Waals surface area contributed by atoms with E-state index in [9.17, 15) is 9.59 Å². The highest BCUT2D eigenvalue weighted by Gasteiger charge is 2.24. The minimum atomic E-state index is -0.444. The average molecular weight is 170 g/mol. The third-order valence-corrected chi connectivity index (χ3v) is 1.49. The molecule has 0 saturated heterocycles.